The summed E-state index contributed by atoms with van der Waals surface area (Å²) >= 11 is 0. The van der Waals surface area contributed by atoms with Crippen molar-refractivity contribution in [2.75, 3.05) is 13.2 Å². The van der Waals surface area contributed by atoms with Crippen LogP contribution in [0.5, 0.6) is 5.75 Å². The Morgan fingerprint density at radius 2 is 1.92 bits per heavy atom. The van der Waals surface area contributed by atoms with Crippen LogP contribution in [-0.2, 0) is 0 Å². The molecule has 0 radical (unpaired) electrons. The third-order valence-corrected chi connectivity index (χ3v) is 3.49. The maximum Gasteiger partial charge on any atom is 0.270 e. The van der Waals surface area contributed by atoms with E-state index in [0.717, 1.165) is 23.0 Å². The number of para-hydroxylation sites is 1. The smallest absolute Gasteiger partial charge is 0.270 e. The third-order valence-electron chi connectivity index (χ3n) is 3.49. The fourth-order valence-electron chi connectivity index (χ4n) is 2.23. The molecular formula is C20H14F2N2O2. The Kier molecular flexibility index (Phi) is 5.40. The van der Waals surface area contributed by atoms with E-state index in [0.29, 0.717) is 5.69 Å². The van der Waals surface area contributed by atoms with Crippen molar-refractivity contribution in [3.63, 3.8) is 0 Å². The van der Waals surface area contributed by atoms with Crippen molar-refractivity contribution in [1.82, 2.24) is 10.3 Å². The highest BCUT2D eigenvalue weighted by Gasteiger charge is 2.06. The molecule has 1 N–H and O–H groups in total. The molecule has 0 spiro atoms. The summed E-state index contributed by atoms with van der Waals surface area (Å²) in [6, 6.07) is 14.0. The molecule has 1 amide bonds. The van der Waals surface area contributed by atoms with Gasteiger partial charge in [0.15, 0.2) is 11.6 Å². The van der Waals surface area contributed by atoms with Gasteiger partial charge in [-0.25, -0.2) is 13.8 Å². The van der Waals surface area contributed by atoms with Crippen LogP contribution in [0.4, 0.5) is 8.78 Å². The van der Waals surface area contributed by atoms with Crippen LogP contribution in [0.3, 0.4) is 0 Å². The predicted octanol–water partition coefficient (Wildman–Crippen LogP) is 3.33. The number of nitrogens with zero attached hydrogens (tertiary/aromatic N) is 1. The zero-order valence-corrected chi connectivity index (χ0v) is 13.6. The summed E-state index contributed by atoms with van der Waals surface area (Å²) in [6.45, 7) is 0.0231. The lowest BCUT2D eigenvalue weighted by Crippen LogP contribution is -2.24. The minimum atomic E-state index is -0.789. The predicted molar refractivity (Wildman–Crippen MR) is 93.7 cm³/mol. The first-order chi connectivity index (χ1) is 12.6. The molecule has 0 bridgehead atoms. The minimum Gasteiger partial charge on any atom is -0.478 e. The Balaban J connectivity index is 1.49. The average Bonchev–Trinajstić information content (AvgIpc) is 2.65. The van der Waals surface area contributed by atoms with Gasteiger partial charge in [0.1, 0.15) is 18.1 Å². The van der Waals surface area contributed by atoms with Gasteiger partial charge in [-0.15, -0.1) is 0 Å². The Hall–Kier alpha value is -3.46. The number of benzene rings is 2. The summed E-state index contributed by atoms with van der Waals surface area (Å²) in [6.07, 6.45) is 0. The van der Waals surface area contributed by atoms with Crippen molar-refractivity contribution < 1.29 is 18.3 Å². The first-order valence-electron chi connectivity index (χ1n) is 7.81. The van der Waals surface area contributed by atoms with Crippen LogP contribution in [-0.4, -0.2) is 24.0 Å². The summed E-state index contributed by atoms with van der Waals surface area (Å²) in [7, 11) is 0. The molecule has 0 aliphatic rings. The van der Waals surface area contributed by atoms with Gasteiger partial charge < -0.3 is 10.1 Å². The van der Waals surface area contributed by atoms with E-state index in [-0.39, 0.29) is 24.8 Å². The quantitative estimate of drug-likeness (QED) is 0.733. The number of pyridine rings is 1. The van der Waals surface area contributed by atoms with Crippen molar-refractivity contribution in [1.29, 1.82) is 0 Å². The van der Waals surface area contributed by atoms with Crippen LogP contribution in [0, 0.1) is 23.5 Å². The van der Waals surface area contributed by atoms with Gasteiger partial charge in [0.2, 0.25) is 0 Å². The second-order valence-corrected chi connectivity index (χ2v) is 5.29. The summed E-state index contributed by atoms with van der Waals surface area (Å²) in [5.41, 5.74) is 1.04. The molecule has 2 aromatic carbocycles. The Bertz CT molecular complexity index is 1010. The van der Waals surface area contributed by atoms with Gasteiger partial charge in [-0.05, 0) is 24.3 Å². The largest absolute Gasteiger partial charge is 0.478 e. The van der Waals surface area contributed by atoms with Crippen LogP contribution < -0.4 is 10.1 Å². The Morgan fingerprint density at radius 3 is 2.77 bits per heavy atom. The molecule has 0 atom stereocenters. The molecule has 0 unspecified atom stereocenters. The number of ether oxygens (including phenoxy) is 1. The van der Waals surface area contributed by atoms with Crippen LogP contribution in [0.1, 0.15) is 10.5 Å². The van der Waals surface area contributed by atoms with Gasteiger partial charge in [0, 0.05) is 11.5 Å². The average molecular weight is 352 g/mol. The van der Waals surface area contributed by atoms with Crippen LogP contribution in [0.2, 0.25) is 0 Å². The van der Waals surface area contributed by atoms with Gasteiger partial charge in [0.25, 0.3) is 5.91 Å². The van der Waals surface area contributed by atoms with Crippen molar-refractivity contribution >= 4 is 16.8 Å². The summed E-state index contributed by atoms with van der Waals surface area (Å²) in [5.74, 6) is 3.46. The van der Waals surface area contributed by atoms with E-state index in [1.54, 1.807) is 6.07 Å². The van der Waals surface area contributed by atoms with E-state index in [1.807, 2.05) is 30.3 Å². The van der Waals surface area contributed by atoms with Gasteiger partial charge in [-0.1, -0.05) is 36.1 Å². The summed E-state index contributed by atoms with van der Waals surface area (Å²) in [4.78, 5) is 16.4. The minimum absolute atomic E-state index is 0.0767. The maximum atomic E-state index is 13.4. The van der Waals surface area contributed by atoms with Crippen molar-refractivity contribution in [2.24, 2.45) is 0 Å². The first-order valence-corrected chi connectivity index (χ1v) is 7.81. The Morgan fingerprint density at radius 1 is 1.08 bits per heavy atom. The van der Waals surface area contributed by atoms with Gasteiger partial charge in [-0.2, -0.15) is 0 Å². The second kappa shape index (κ2) is 8.08. The zero-order chi connectivity index (χ0) is 18.4. The van der Waals surface area contributed by atoms with Crippen molar-refractivity contribution in [3.8, 4) is 17.6 Å². The van der Waals surface area contributed by atoms with Crippen molar-refractivity contribution in [3.05, 3.63) is 71.9 Å². The highest BCUT2D eigenvalue weighted by molar-refractivity contribution is 5.94. The van der Waals surface area contributed by atoms with E-state index in [9.17, 15) is 13.6 Å². The fraction of sp³-hybridized carbons (Fsp3) is 0.100. The lowest BCUT2D eigenvalue weighted by molar-refractivity contribution is 0.0954. The van der Waals surface area contributed by atoms with E-state index >= 15 is 0 Å². The molecule has 0 saturated carbocycles. The topological polar surface area (TPSA) is 51.2 Å². The molecule has 0 fully saturated rings. The SMILES string of the molecule is O=C(NCC#CCOc1ccc(F)cc1F)c1ccc2ccccc2n1. The second-order valence-electron chi connectivity index (χ2n) is 5.29. The van der Waals surface area contributed by atoms with Gasteiger partial charge >= 0.3 is 0 Å². The number of halogens is 2. The molecule has 6 heteroatoms. The number of fused-ring (bicyclic) bond motifs is 1. The number of aromatic nitrogens is 1. The molecule has 1 aromatic heterocycles. The monoisotopic (exact) mass is 352 g/mol. The standard InChI is InChI=1S/C20H14F2N2O2/c21-15-8-10-19(16(22)13-15)26-12-4-3-11-23-20(25)18-9-7-14-5-1-2-6-17(14)24-18/h1-2,5-10,13H,11-12H2,(H,23,25). The molecule has 1 heterocycles. The summed E-state index contributed by atoms with van der Waals surface area (Å²) in [5, 5.41) is 3.58. The molecule has 4 nitrogen and oxygen atoms in total. The fourth-order valence-corrected chi connectivity index (χ4v) is 2.23. The van der Waals surface area contributed by atoms with Crippen LogP contribution in [0.25, 0.3) is 10.9 Å². The number of carbonyl (C=O) groups excluding carboxylic acids is 1. The lowest BCUT2D eigenvalue weighted by Gasteiger charge is -2.03. The van der Waals surface area contributed by atoms with E-state index in [4.69, 9.17) is 4.74 Å². The number of carbonyl (C=O) groups is 1. The molecule has 26 heavy (non-hydrogen) atoms. The lowest BCUT2D eigenvalue weighted by atomic mass is 10.2. The molecule has 3 rings (SSSR count). The molecule has 3 aromatic rings. The summed E-state index contributed by atoms with van der Waals surface area (Å²) < 4.78 is 31.2. The van der Waals surface area contributed by atoms with Gasteiger partial charge in [0.05, 0.1) is 12.1 Å². The van der Waals surface area contributed by atoms with Crippen LogP contribution >= 0.6 is 0 Å². The van der Waals surface area contributed by atoms with E-state index in [1.165, 1.54) is 6.07 Å². The number of hydrogen-bond acceptors (Lipinski definition) is 3. The van der Waals surface area contributed by atoms with Crippen LogP contribution in [0.15, 0.2) is 54.6 Å². The number of rotatable bonds is 4. The molecule has 0 aliphatic heterocycles. The molecular weight excluding hydrogens is 338 g/mol. The molecule has 130 valence electrons. The number of nitrogens with one attached hydrogen (secondary N) is 1. The first kappa shape index (κ1) is 17.4. The maximum absolute atomic E-state index is 13.4. The third kappa shape index (κ3) is 4.33. The van der Waals surface area contributed by atoms with Crippen molar-refractivity contribution in [2.45, 2.75) is 0 Å². The molecule has 0 saturated heterocycles. The normalized spacial score (nSPS) is 10.1. The highest BCUT2D eigenvalue weighted by Crippen LogP contribution is 2.17. The van der Waals surface area contributed by atoms with E-state index in [2.05, 4.69) is 22.1 Å². The molecule has 0 aliphatic carbocycles. The zero-order valence-electron chi connectivity index (χ0n) is 13.6. The van der Waals surface area contributed by atoms with Gasteiger partial charge in [-0.3, -0.25) is 4.79 Å². The Labute approximate surface area is 148 Å². The highest BCUT2D eigenvalue weighted by atomic mass is 19.1. The van der Waals surface area contributed by atoms with E-state index < -0.39 is 11.6 Å². The number of amides is 1. The number of hydrogen-bond donors (Lipinski definition) is 1.